The maximum absolute atomic E-state index is 12.2. The van der Waals surface area contributed by atoms with Crippen LogP contribution < -0.4 is 14.8 Å². The molecule has 0 aromatic heterocycles. The van der Waals surface area contributed by atoms with Gasteiger partial charge in [0.2, 0.25) is 5.91 Å². The first kappa shape index (κ1) is 16.4. The smallest absolute Gasteiger partial charge is 0.387 e. The van der Waals surface area contributed by atoms with Gasteiger partial charge < -0.3 is 14.8 Å². The monoisotopic (exact) mass is 321 g/mol. The molecule has 0 unspecified atom stereocenters. The highest BCUT2D eigenvalue weighted by molar-refractivity contribution is 5.92. The molecule has 5 nitrogen and oxygen atoms in total. The molecule has 2 aromatic carbocycles. The molecule has 0 bridgehead atoms. The molecule has 0 atom stereocenters. The Bertz CT molecular complexity index is 719. The van der Waals surface area contributed by atoms with Crippen molar-refractivity contribution >= 4 is 17.6 Å². The van der Waals surface area contributed by atoms with Gasteiger partial charge in [0.05, 0.1) is 5.56 Å². The maximum atomic E-state index is 12.2. The summed E-state index contributed by atoms with van der Waals surface area (Å²) in [7, 11) is 0. The van der Waals surface area contributed by atoms with Gasteiger partial charge in [-0.3, -0.25) is 4.79 Å². The summed E-state index contributed by atoms with van der Waals surface area (Å²) in [5.74, 6) is -0.919. The standard InChI is InChI=1S/C16H13F2NO4/c1-10(20)19-12-5-3-7-14(9-12)22-15(21)11-4-2-6-13(8-11)23-16(17)18/h2-9,16H,1H3,(H,19,20). The minimum Gasteiger partial charge on any atom is -0.435 e. The fraction of sp³-hybridized carbons (Fsp3) is 0.125. The minimum absolute atomic E-state index is 0.0630. The van der Waals surface area contributed by atoms with Crippen LogP contribution in [0.2, 0.25) is 0 Å². The van der Waals surface area contributed by atoms with Crippen molar-refractivity contribution in [1.29, 1.82) is 0 Å². The molecule has 0 fully saturated rings. The van der Waals surface area contributed by atoms with Gasteiger partial charge in [0.1, 0.15) is 11.5 Å². The van der Waals surface area contributed by atoms with E-state index in [0.717, 1.165) is 6.07 Å². The minimum atomic E-state index is -2.98. The topological polar surface area (TPSA) is 64.6 Å². The summed E-state index contributed by atoms with van der Waals surface area (Å²) >= 11 is 0. The van der Waals surface area contributed by atoms with E-state index in [4.69, 9.17) is 4.74 Å². The largest absolute Gasteiger partial charge is 0.435 e. The van der Waals surface area contributed by atoms with Crippen LogP contribution in [0.1, 0.15) is 17.3 Å². The van der Waals surface area contributed by atoms with E-state index in [1.54, 1.807) is 12.1 Å². The molecule has 0 spiro atoms. The van der Waals surface area contributed by atoms with Gasteiger partial charge >= 0.3 is 12.6 Å². The van der Waals surface area contributed by atoms with E-state index in [1.807, 2.05) is 0 Å². The highest BCUT2D eigenvalue weighted by Crippen LogP contribution is 2.20. The van der Waals surface area contributed by atoms with Crippen molar-refractivity contribution in [3.05, 3.63) is 54.1 Å². The normalized spacial score (nSPS) is 10.3. The van der Waals surface area contributed by atoms with E-state index in [9.17, 15) is 18.4 Å². The first-order chi connectivity index (χ1) is 10.9. The lowest BCUT2D eigenvalue weighted by Gasteiger charge is -2.08. The molecule has 120 valence electrons. The van der Waals surface area contributed by atoms with Crippen LogP contribution in [0.15, 0.2) is 48.5 Å². The molecule has 0 heterocycles. The van der Waals surface area contributed by atoms with Gasteiger partial charge in [-0.25, -0.2) is 4.79 Å². The zero-order valence-electron chi connectivity index (χ0n) is 12.1. The molecule has 0 aliphatic heterocycles. The molecule has 1 N–H and O–H groups in total. The Kier molecular flexibility index (Phi) is 5.24. The van der Waals surface area contributed by atoms with Crippen LogP contribution in [0.3, 0.4) is 0 Å². The molecular formula is C16H13F2NO4. The molecular weight excluding hydrogens is 308 g/mol. The van der Waals surface area contributed by atoms with Gasteiger partial charge in [-0.2, -0.15) is 8.78 Å². The molecule has 0 aliphatic carbocycles. The van der Waals surface area contributed by atoms with Gasteiger partial charge in [0.15, 0.2) is 0 Å². The molecule has 7 heteroatoms. The number of esters is 1. The number of alkyl halides is 2. The molecule has 0 saturated carbocycles. The van der Waals surface area contributed by atoms with Crippen molar-refractivity contribution in [1.82, 2.24) is 0 Å². The number of ether oxygens (including phenoxy) is 2. The summed E-state index contributed by atoms with van der Waals surface area (Å²) in [6, 6.07) is 11.5. The predicted molar refractivity (Wildman–Crippen MR) is 78.8 cm³/mol. The number of hydrogen-bond donors (Lipinski definition) is 1. The molecule has 23 heavy (non-hydrogen) atoms. The molecule has 2 rings (SSSR count). The Morgan fingerprint density at radius 3 is 2.43 bits per heavy atom. The Labute approximate surface area is 130 Å². The highest BCUT2D eigenvalue weighted by atomic mass is 19.3. The van der Waals surface area contributed by atoms with E-state index in [2.05, 4.69) is 10.1 Å². The van der Waals surface area contributed by atoms with Crippen LogP contribution in [0.4, 0.5) is 14.5 Å². The second-order valence-corrected chi connectivity index (χ2v) is 4.50. The number of hydrogen-bond acceptors (Lipinski definition) is 4. The van der Waals surface area contributed by atoms with Gasteiger partial charge in [-0.15, -0.1) is 0 Å². The van der Waals surface area contributed by atoms with Crippen molar-refractivity contribution in [3.8, 4) is 11.5 Å². The van der Waals surface area contributed by atoms with Crippen molar-refractivity contribution in [3.63, 3.8) is 0 Å². The third-order valence-electron chi connectivity index (χ3n) is 2.66. The zero-order chi connectivity index (χ0) is 16.8. The van der Waals surface area contributed by atoms with Crippen LogP contribution in [-0.4, -0.2) is 18.5 Å². The summed E-state index contributed by atoms with van der Waals surface area (Å²) in [6.07, 6.45) is 0. The van der Waals surface area contributed by atoms with Crippen molar-refractivity contribution in [2.24, 2.45) is 0 Å². The summed E-state index contributed by atoms with van der Waals surface area (Å²) in [6.45, 7) is -1.62. The summed E-state index contributed by atoms with van der Waals surface area (Å²) < 4.78 is 33.7. The predicted octanol–water partition coefficient (Wildman–Crippen LogP) is 3.47. The summed E-state index contributed by atoms with van der Waals surface area (Å²) in [5.41, 5.74) is 0.533. The maximum Gasteiger partial charge on any atom is 0.387 e. The number of anilines is 1. The number of carbonyl (C=O) groups is 2. The first-order valence-corrected chi connectivity index (χ1v) is 6.59. The van der Waals surface area contributed by atoms with Crippen molar-refractivity contribution in [2.45, 2.75) is 13.5 Å². The average Bonchev–Trinajstić information content (AvgIpc) is 2.46. The molecule has 2 aromatic rings. The lowest BCUT2D eigenvalue weighted by Crippen LogP contribution is -2.10. The quantitative estimate of drug-likeness (QED) is 0.676. The zero-order valence-corrected chi connectivity index (χ0v) is 12.1. The van der Waals surface area contributed by atoms with Crippen LogP contribution in [0.5, 0.6) is 11.5 Å². The SMILES string of the molecule is CC(=O)Nc1cccc(OC(=O)c2cccc(OC(F)F)c2)c1. The van der Waals surface area contributed by atoms with Crippen LogP contribution in [0.25, 0.3) is 0 Å². The number of nitrogens with one attached hydrogen (secondary N) is 1. The second kappa shape index (κ2) is 7.35. The van der Waals surface area contributed by atoms with E-state index in [1.165, 1.54) is 37.3 Å². The Morgan fingerprint density at radius 2 is 1.74 bits per heavy atom. The van der Waals surface area contributed by atoms with Gasteiger partial charge in [0, 0.05) is 18.7 Å². The molecule has 0 aliphatic rings. The lowest BCUT2D eigenvalue weighted by atomic mass is 10.2. The average molecular weight is 321 g/mol. The molecule has 0 radical (unpaired) electrons. The number of carbonyl (C=O) groups excluding carboxylic acids is 2. The van der Waals surface area contributed by atoms with Crippen molar-refractivity contribution < 1.29 is 27.8 Å². The Balaban J connectivity index is 2.11. The van der Waals surface area contributed by atoms with Gasteiger partial charge in [-0.1, -0.05) is 12.1 Å². The van der Waals surface area contributed by atoms with E-state index >= 15 is 0 Å². The second-order valence-electron chi connectivity index (χ2n) is 4.50. The van der Waals surface area contributed by atoms with Gasteiger partial charge in [-0.05, 0) is 30.3 Å². The Morgan fingerprint density at radius 1 is 1.04 bits per heavy atom. The number of halogens is 2. The summed E-state index contributed by atoms with van der Waals surface area (Å²) in [5, 5.41) is 2.56. The van der Waals surface area contributed by atoms with Crippen molar-refractivity contribution in [2.75, 3.05) is 5.32 Å². The number of rotatable bonds is 5. The number of amides is 1. The number of benzene rings is 2. The molecule has 1 amide bonds. The summed E-state index contributed by atoms with van der Waals surface area (Å²) in [4.78, 5) is 23.0. The third kappa shape index (κ3) is 5.06. The van der Waals surface area contributed by atoms with E-state index < -0.39 is 12.6 Å². The fourth-order valence-corrected chi connectivity index (χ4v) is 1.81. The lowest BCUT2D eigenvalue weighted by molar-refractivity contribution is -0.114. The molecule has 0 saturated heterocycles. The van der Waals surface area contributed by atoms with Crippen LogP contribution in [0, 0.1) is 0 Å². The van der Waals surface area contributed by atoms with E-state index in [0.29, 0.717) is 5.69 Å². The van der Waals surface area contributed by atoms with Gasteiger partial charge in [0.25, 0.3) is 0 Å². The van der Waals surface area contributed by atoms with E-state index in [-0.39, 0.29) is 23.0 Å². The van der Waals surface area contributed by atoms with Crippen LogP contribution in [-0.2, 0) is 4.79 Å². The fourth-order valence-electron chi connectivity index (χ4n) is 1.81. The highest BCUT2D eigenvalue weighted by Gasteiger charge is 2.12. The Hall–Kier alpha value is -2.96. The third-order valence-corrected chi connectivity index (χ3v) is 2.66. The first-order valence-electron chi connectivity index (χ1n) is 6.59. The van der Waals surface area contributed by atoms with Crippen LogP contribution >= 0.6 is 0 Å².